The average molecular weight is 325 g/mol. The zero-order valence-electron chi connectivity index (χ0n) is 13.2. The van der Waals surface area contributed by atoms with Crippen molar-refractivity contribution in [1.82, 2.24) is 5.32 Å². The van der Waals surface area contributed by atoms with Crippen molar-refractivity contribution in [3.8, 4) is 5.75 Å². The molecule has 22 heavy (non-hydrogen) atoms. The number of halogens is 1. The van der Waals surface area contributed by atoms with Crippen LogP contribution >= 0.6 is 12.4 Å². The monoisotopic (exact) mass is 324 g/mol. The van der Waals surface area contributed by atoms with Gasteiger partial charge in [0.2, 0.25) is 5.91 Å². The predicted octanol–water partition coefficient (Wildman–Crippen LogP) is 3.36. The summed E-state index contributed by atoms with van der Waals surface area (Å²) in [5.74, 6) is 1.08. The van der Waals surface area contributed by atoms with E-state index >= 15 is 0 Å². The number of rotatable bonds is 4. The fraction of sp³-hybridized carbons (Fsp3) is 0.588. The molecular weight excluding hydrogens is 300 g/mol. The van der Waals surface area contributed by atoms with Gasteiger partial charge in [0.15, 0.2) is 0 Å². The second kappa shape index (κ2) is 7.34. The average Bonchev–Trinajstić information content (AvgIpc) is 2.82. The smallest absolute Gasteiger partial charge is 0.229 e. The quantitative estimate of drug-likeness (QED) is 0.893. The Balaban J connectivity index is 0.00000176. The molecule has 1 aromatic carbocycles. The summed E-state index contributed by atoms with van der Waals surface area (Å²) in [7, 11) is 0. The van der Waals surface area contributed by atoms with Crippen LogP contribution in [-0.2, 0) is 4.79 Å². The first-order valence-electron chi connectivity index (χ1n) is 7.95. The number of hydrogen-bond donors (Lipinski definition) is 2. The fourth-order valence-electron chi connectivity index (χ4n) is 3.41. The molecule has 2 bridgehead atoms. The minimum atomic E-state index is 0. The van der Waals surface area contributed by atoms with Gasteiger partial charge in [0, 0.05) is 17.8 Å². The number of hydrogen-bond acceptors (Lipinski definition) is 3. The number of fused-ring (bicyclic) bond motifs is 2. The maximum atomic E-state index is 12.4. The van der Waals surface area contributed by atoms with Gasteiger partial charge >= 0.3 is 0 Å². The molecule has 0 aliphatic carbocycles. The van der Waals surface area contributed by atoms with E-state index < -0.39 is 0 Å². The Morgan fingerprint density at radius 3 is 2.55 bits per heavy atom. The number of piperidine rings is 1. The van der Waals surface area contributed by atoms with Gasteiger partial charge in [0.25, 0.3) is 0 Å². The zero-order chi connectivity index (χ0) is 14.8. The molecule has 3 atom stereocenters. The summed E-state index contributed by atoms with van der Waals surface area (Å²) in [5, 5.41) is 6.60. The third kappa shape index (κ3) is 3.93. The summed E-state index contributed by atoms with van der Waals surface area (Å²) in [6, 6.07) is 8.63. The molecule has 2 fully saturated rings. The van der Waals surface area contributed by atoms with Crippen LogP contribution < -0.4 is 15.4 Å². The van der Waals surface area contributed by atoms with E-state index in [1.165, 1.54) is 6.42 Å². The lowest BCUT2D eigenvalue weighted by atomic mass is 9.91. The molecule has 1 amide bonds. The lowest BCUT2D eigenvalue weighted by molar-refractivity contribution is -0.121. The Labute approximate surface area is 138 Å². The summed E-state index contributed by atoms with van der Waals surface area (Å²) in [6.45, 7) is 4.00. The van der Waals surface area contributed by atoms with Crippen LogP contribution in [-0.4, -0.2) is 24.1 Å². The molecule has 2 heterocycles. The largest absolute Gasteiger partial charge is 0.491 e. The van der Waals surface area contributed by atoms with Crippen LogP contribution in [0.2, 0.25) is 0 Å². The predicted molar refractivity (Wildman–Crippen MR) is 90.8 cm³/mol. The highest BCUT2D eigenvalue weighted by Gasteiger charge is 2.38. The van der Waals surface area contributed by atoms with Crippen LogP contribution in [0.15, 0.2) is 24.3 Å². The summed E-state index contributed by atoms with van der Waals surface area (Å²) in [4.78, 5) is 12.4. The van der Waals surface area contributed by atoms with E-state index in [0.29, 0.717) is 12.1 Å². The molecule has 1 aromatic rings. The summed E-state index contributed by atoms with van der Waals surface area (Å²) < 4.78 is 5.61. The molecule has 5 heteroatoms. The van der Waals surface area contributed by atoms with E-state index in [1.807, 2.05) is 38.1 Å². The lowest BCUT2D eigenvalue weighted by Gasteiger charge is -2.29. The highest BCUT2D eigenvalue weighted by molar-refractivity contribution is 5.93. The Hall–Kier alpha value is -1.26. The molecule has 2 aliphatic rings. The lowest BCUT2D eigenvalue weighted by Crippen LogP contribution is -2.45. The number of benzene rings is 1. The third-order valence-corrected chi connectivity index (χ3v) is 4.42. The van der Waals surface area contributed by atoms with Crippen LogP contribution in [0.1, 0.15) is 39.5 Å². The highest BCUT2D eigenvalue weighted by atomic mass is 35.5. The summed E-state index contributed by atoms with van der Waals surface area (Å²) >= 11 is 0. The maximum Gasteiger partial charge on any atom is 0.229 e. The molecule has 4 nitrogen and oxygen atoms in total. The molecule has 2 aliphatic heterocycles. The number of amides is 1. The SMILES string of the molecule is CC(C)Oc1ccc(NC(=O)C2CCC3CCC2N3)cc1.Cl. The van der Waals surface area contributed by atoms with Crippen molar-refractivity contribution in [2.45, 2.75) is 57.7 Å². The molecule has 0 radical (unpaired) electrons. The Kier molecular flexibility index (Phi) is 5.70. The Morgan fingerprint density at radius 1 is 1.18 bits per heavy atom. The van der Waals surface area contributed by atoms with Gasteiger partial charge in [-0.15, -0.1) is 12.4 Å². The van der Waals surface area contributed by atoms with Gasteiger partial charge in [-0.3, -0.25) is 4.79 Å². The molecule has 0 aromatic heterocycles. The van der Waals surface area contributed by atoms with E-state index in [9.17, 15) is 4.79 Å². The van der Waals surface area contributed by atoms with E-state index in [4.69, 9.17) is 4.74 Å². The summed E-state index contributed by atoms with van der Waals surface area (Å²) in [6.07, 6.45) is 4.63. The van der Waals surface area contributed by atoms with Gasteiger partial charge in [-0.05, 0) is 63.8 Å². The van der Waals surface area contributed by atoms with Crippen LogP contribution in [0.25, 0.3) is 0 Å². The number of anilines is 1. The van der Waals surface area contributed by atoms with E-state index in [-0.39, 0.29) is 30.3 Å². The molecular formula is C17H25ClN2O2. The standard InChI is InChI=1S/C17H24N2O2.ClH/c1-11(2)21-14-7-3-13(4-8-14)19-17(20)15-9-5-12-6-10-16(15)18-12;/h3-4,7-8,11-12,15-16,18H,5-6,9-10H2,1-2H3,(H,19,20);1H. The zero-order valence-corrected chi connectivity index (χ0v) is 14.0. The third-order valence-electron chi connectivity index (χ3n) is 4.42. The second-order valence-electron chi connectivity index (χ2n) is 6.41. The molecule has 2 saturated heterocycles. The van der Waals surface area contributed by atoms with E-state index in [2.05, 4.69) is 10.6 Å². The Bertz CT molecular complexity index is 504. The number of ether oxygens (including phenoxy) is 1. The van der Waals surface area contributed by atoms with Crippen molar-refractivity contribution in [3.63, 3.8) is 0 Å². The van der Waals surface area contributed by atoms with Gasteiger partial charge in [-0.1, -0.05) is 0 Å². The van der Waals surface area contributed by atoms with Crippen LogP contribution in [0.4, 0.5) is 5.69 Å². The summed E-state index contributed by atoms with van der Waals surface area (Å²) in [5.41, 5.74) is 0.844. The van der Waals surface area contributed by atoms with Crippen molar-refractivity contribution in [2.75, 3.05) is 5.32 Å². The normalized spacial score (nSPS) is 26.4. The molecule has 3 unspecified atom stereocenters. The minimum Gasteiger partial charge on any atom is -0.491 e. The van der Waals surface area contributed by atoms with Gasteiger partial charge in [0.1, 0.15) is 5.75 Å². The highest BCUT2D eigenvalue weighted by Crippen LogP contribution is 2.32. The topological polar surface area (TPSA) is 50.4 Å². The molecule has 0 saturated carbocycles. The van der Waals surface area contributed by atoms with Crippen molar-refractivity contribution in [1.29, 1.82) is 0 Å². The first-order valence-corrected chi connectivity index (χ1v) is 7.95. The second-order valence-corrected chi connectivity index (χ2v) is 6.41. The first kappa shape index (κ1) is 17.1. The molecule has 122 valence electrons. The Morgan fingerprint density at radius 2 is 1.86 bits per heavy atom. The van der Waals surface area contributed by atoms with Gasteiger partial charge in [-0.25, -0.2) is 0 Å². The molecule has 0 spiro atoms. The van der Waals surface area contributed by atoms with Gasteiger partial charge in [-0.2, -0.15) is 0 Å². The minimum absolute atomic E-state index is 0. The maximum absolute atomic E-state index is 12.4. The van der Waals surface area contributed by atoms with Crippen molar-refractivity contribution in [2.24, 2.45) is 5.92 Å². The first-order chi connectivity index (χ1) is 10.1. The number of carbonyl (C=O) groups is 1. The van der Waals surface area contributed by atoms with Gasteiger partial charge in [0.05, 0.1) is 12.0 Å². The molecule has 3 rings (SSSR count). The van der Waals surface area contributed by atoms with Crippen molar-refractivity contribution < 1.29 is 9.53 Å². The van der Waals surface area contributed by atoms with E-state index in [1.54, 1.807) is 0 Å². The number of carbonyl (C=O) groups excluding carboxylic acids is 1. The number of nitrogens with one attached hydrogen (secondary N) is 2. The fourth-order valence-corrected chi connectivity index (χ4v) is 3.41. The van der Waals surface area contributed by atoms with Crippen LogP contribution in [0, 0.1) is 5.92 Å². The van der Waals surface area contributed by atoms with E-state index in [0.717, 1.165) is 30.7 Å². The molecule has 2 N–H and O–H groups in total. The van der Waals surface area contributed by atoms with Crippen LogP contribution in [0.3, 0.4) is 0 Å². The van der Waals surface area contributed by atoms with Crippen molar-refractivity contribution >= 4 is 24.0 Å². The van der Waals surface area contributed by atoms with Crippen molar-refractivity contribution in [3.05, 3.63) is 24.3 Å². The van der Waals surface area contributed by atoms with Crippen LogP contribution in [0.5, 0.6) is 5.75 Å². The van der Waals surface area contributed by atoms with Gasteiger partial charge < -0.3 is 15.4 Å².